The van der Waals surface area contributed by atoms with E-state index in [1.165, 1.54) is 0 Å². The van der Waals surface area contributed by atoms with Crippen LogP contribution in [-0.2, 0) is 16.0 Å². The van der Waals surface area contributed by atoms with Gasteiger partial charge >= 0.3 is 0 Å². The molecule has 24 heavy (non-hydrogen) atoms. The Kier molecular flexibility index (Phi) is 3.92. The van der Waals surface area contributed by atoms with Crippen LogP contribution in [0.1, 0.15) is 28.9 Å². The lowest BCUT2D eigenvalue weighted by Crippen LogP contribution is -2.57. The summed E-state index contributed by atoms with van der Waals surface area (Å²) in [4.78, 5) is 4.24. The molecule has 2 aromatic rings. The Labute approximate surface area is 139 Å². The molecule has 2 aliphatic rings. The van der Waals surface area contributed by atoms with Crippen molar-refractivity contribution in [1.82, 2.24) is 20.0 Å². The van der Waals surface area contributed by atoms with Crippen molar-refractivity contribution in [3.8, 4) is 0 Å². The molecule has 2 bridgehead atoms. The van der Waals surface area contributed by atoms with E-state index < -0.39 is 12.4 Å². The lowest BCUT2D eigenvalue weighted by molar-refractivity contribution is -0.165. The number of aliphatic hydroxyl groups is 1. The standard InChI is InChI=1S/C16H22N4O4/c1-8-11(9(2)24-19-8)6-18-13-12-7-22-16(23-12)14(15(13)21)20-5-4-17-10(20)3/h4-5,12-16,18,21H,6-7H2,1-3H3. The Balaban J connectivity index is 1.55. The van der Waals surface area contributed by atoms with Crippen molar-refractivity contribution in [2.24, 2.45) is 0 Å². The van der Waals surface area contributed by atoms with Gasteiger partial charge in [-0.15, -0.1) is 0 Å². The molecule has 0 aromatic carbocycles. The van der Waals surface area contributed by atoms with Gasteiger partial charge in [-0.05, 0) is 20.8 Å². The van der Waals surface area contributed by atoms with Crippen LogP contribution in [0.4, 0.5) is 0 Å². The topological polar surface area (TPSA) is 94.6 Å². The Morgan fingerprint density at radius 2 is 2.21 bits per heavy atom. The van der Waals surface area contributed by atoms with Crippen LogP contribution in [-0.4, -0.2) is 51.0 Å². The summed E-state index contributed by atoms with van der Waals surface area (Å²) in [6.07, 6.45) is 2.29. The highest BCUT2D eigenvalue weighted by molar-refractivity contribution is 5.20. The van der Waals surface area contributed by atoms with E-state index in [9.17, 15) is 5.11 Å². The minimum absolute atomic E-state index is 0.175. The Morgan fingerprint density at radius 3 is 2.88 bits per heavy atom. The van der Waals surface area contributed by atoms with Gasteiger partial charge in [0.2, 0.25) is 0 Å². The number of aromatic nitrogens is 3. The van der Waals surface area contributed by atoms with Gasteiger partial charge in [0.15, 0.2) is 6.29 Å². The predicted molar refractivity (Wildman–Crippen MR) is 83.2 cm³/mol. The Morgan fingerprint density at radius 1 is 1.38 bits per heavy atom. The summed E-state index contributed by atoms with van der Waals surface area (Å²) >= 11 is 0. The highest BCUT2D eigenvalue weighted by atomic mass is 16.7. The molecular weight excluding hydrogens is 312 g/mol. The van der Waals surface area contributed by atoms with E-state index in [1.54, 1.807) is 6.20 Å². The van der Waals surface area contributed by atoms with E-state index in [0.29, 0.717) is 13.2 Å². The summed E-state index contributed by atoms with van der Waals surface area (Å²) in [6, 6.07) is -0.572. The first-order valence-electron chi connectivity index (χ1n) is 8.16. The molecule has 2 aromatic heterocycles. The van der Waals surface area contributed by atoms with E-state index in [-0.39, 0.29) is 18.2 Å². The van der Waals surface area contributed by atoms with Gasteiger partial charge in [-0.25, -0.2) is 4.98 Å². The zero-order chi connectivity index (χ0) is 16.8. The minimum atomic E-state index is -0.648. The van der Waals surface area contributed by atoms with Crippen LogP contribution >= 0.6 is 0 Å². The fourth-order valence-electron chi connectivity index (χ4n) is 3.63. The van der Waals surface area contributed by atoms with Crippen LogP contribution in [0, 0.1) is 20.8 Å². The quantitative estimate of drug-likeness (QED) is 0.846. The van der Waals surface area contributed by atoms with E-state index in [1.807, 2.05) is 31.5 Å². The molecule has 0 amide bonds. The molecule has 2 N–H and O–H groups in total. The van der Waals surface area contributed by atoms with Crippen LogP contribution in [0.15, 0.2) is 16.9 Å². The SMILES string of the molecule is Cc1noc(C)c1CNC1C2COC(O2)C(n2ccnc2C)C1O. The molecule has 8 nitrogen and oxygen atoms in total. The van der Waals surface area contributed by atoms with Crippen LogP contribution in [0.2, 0.25) is 0 Å². The number of ether oxygens (including phenoxy) is 2. The lowest BCUT2D eigenvalue weighted by atomic mass is 9.95. The van der Waals surface area contributed by atoms with Gasteiger partial charge < -0.3 is 29.0 Å². The monoisotopic (exact) mass is 334 g/mol. The molecule has 5 atom stereocenters. The number of imidazole rings is 1. The summed E-state index contributed by atoms with van der Waals surface area (Å²) < 4.78 is 18.8. The van der Waals surface area contributed by atoms with E-state index >= 15 is 0 Å². The summed E-state index contributed by atoms with van der Waals surface area (Å²) in [5.74, 6) is 1.61. The molecule has 8 heteroatoms. The minimum Gasteiger partial charge on any atom is -0.389 e. The van der Waals surface area contributed by atoms with Gasteiger partial charge in [0.25, 0.3) is 0 Å². The van der Waals surface area contributed by atoms with E-state index in [0.717, 1.165) is 22.8 Å². The first-order valence-corrected chi connectivity index (χ1v) is 8.16. The van der Waals surface area contributed by atoms with Crippen LogP contribution in [0.3, 0.4) is 0 Å². The maximum Gasteiger partial charge on any atom is 0.181 e. The smallest absolute Gasteiger partial charge is 0.181 e. The summed E-state index contributed by atoms with van der Waals surface area (Å²) in [5.41, 5.74) is 1.87. The van der Waals surface area contributed by atoms with Crippen LogP contribution < -0.4 is 5.32 Å². The van der Waals surface area contributed by atoms with Crippen LogP contribution in [0.5, 0.6) is 0 Å². The van der Waals surface area contributed by atoms with Crippen molar-refractivity contribution in [3.05, 3.63) is 35.2 Å². The number of hydrogen-bond acceptors (Lipinski definition) is 7. The van der Waals surface area contributed by atoms with Gasteiger partial charge in [0.05, 0.1) is 24.4 Å². The van der Waals surface area contributed by atoms with Gasteiger partial charge in [-0.2, -0.15) is 0 Å². The average Bonchev–Trinajstić information content (AvgIpc) is 3.24. The number of aryl methyl sites for hydroxylation is 3. The normalized spacial score (nSPS) is 32.4. The van der Waals surface area contributed by atoms with E-state index in [2.05, 4.69) is 15.5 Å². The van der Waals surface area contributed by atoms with Crippen molar-refractivity contribution >= 4 is 0 Å². The summed E-state index contributed by atoms with van der Waals surface area (Å²) in [6.45, 7) is 6.72. The molecule has 4 rings (SSSR count). The molecule has 130 valence electrons. The van der Waals surface area contributed by atoms with Crippen molar-refractivity contribution in [1.29, 1.82) is 0 Å². The highest BCUT2D eigenvalue weighted by Crippen LogP contribution is 2.36. The third kappa shape index (κ3) is 2.46. The van der Waals surface area contributed by atoms with Gasteiger partial charge in [-0.1, -0.05) is 5.16 Å². The van der Waals surface area contributed by atoms with Gasteiger partial charge in [0.1, 0.15) is 23.7 Å². The van der Waals surface area contributed by atoms with Gasteiger partial charge in [-0.3, -0.25) is 0 Å². The molecule has 4 heterocycles. The second-order valence-electron chi connectivity index (χ2n) is 6.45. The summed E-state index contributed by atoms with van der Waals surface area (Å²) in [7, 11) is 0. The number of fused-ring (bicyclic) bond motifs is 2. The molecule has 2 saturated heterocycles. The fraction of sp³-hybridized carbons (Fsp3) is 0.625. The van der Waals surface area contributed by atoms with Crippen molar-refractivity contribution < 1.29 is 19.1 Å². The largest absolute Gasteiger partial charge is 0.389 e. The van der Waals surface area contributed by atoms with Gasteiger partial charge in [0, 0.05) is 24.5 Å². The Hall–Kier alpha value is -1.74. The molecule has 2 fully saturated rings. The molecule has 0 radical (unpaired) electrons. The molecule has 0 aliphatic carbocycles. The predicted octanol–water partition coefficient (Wildman–Crippen LogP) is 0.612. The summed E-state index contributed by atoms with van der Waals surface area (Å²) in [5, 5.41) is 18.3. The third-order valence-corrected chi connectivity index (χ3v) is 5.01. The Bertz CT molecular complexity index is 708. The number of rotatable bonds is 4. The maximum atomic E-state index is 11.0. The van der Waals surface area contributed by atoms with Crippen molar-refractivity contribution in [2.75, 3.05) is 6.61 Å². The number of nitrogens with one attached hydrogen (secondary N) is 1. The van der Waals surface area contributed by atoms with Crippen molar-refractivity contribution in [2.45, 2.75) is 57.9 Å². The third-order valence-electron chi connectivity index (χ3n) is 5.01. The fourth-order valence-corrected chi connectivity index (χ4v) is 3.63. The average molecular weight is 334 g/mol. The zero-order valence-corrected chi connectivity index (χ0v) is 14.0. The number of aliphatic hydroxyl groups excluding tert-OH is 1. The molecule has 0 saturated carbocycles. The molecular formula is C16H22N4O4. The highest BCUT2D eigenvalue weighted by Gasteiger charge is 2.51. The second kappa shape index (κ2) is 5.96. The van der Waals surface area contributed by atoms with E-state index in [4.69, 9.17) is 14.0 Å². The lowest BCUT2D eigenvalue weighted by Gasteiger charge is -2.39. The number of hydrogen-bond donors (Lipinski definition) is 2. The zero-order valence-electron chi connectivity index (χ0n) is 14.0. The number of nitrogens with zero attached hydrogens (tertiary/aromatic N) is 3. The first kappa shape index (κ1) is 15.8. The molecule has 0 spiro atoms. The van der Waals surface area contributed by atoms with Crippen molar-refractivity contribution in [3.63, 3.8) is 0 Å². The molecule has 5 unspecified atom stereocenters. The first-order chi connectivity index (χ1) is 11.6. The maximum absolute atomic E-state index is 11.0. The van der Waals surface area contributed by atoms with Crippen LogP contribution in [0.25, 0.3) is 0 Å². The molecule has 2 aliphatic heterocycles. The second-order valence-corrected chi connectivity index (χ2v) is 6.45.